The molecule has 148 valence electrons. The Morgan fingerprint density at radius 2 is 1.97 bits per heavy atom. The minimum Gasteiger partial charge on any atom is -0.482 e. The Kier molecular flexibility index (Phi) is 4.62. The van der Waals surface area contributed by atoms with E-state index >= 15 is 0 Å². The Bertz CT molecular complexity index is 1130. The molecule has 0 unspecified atom stereocenters. The number of carbonyl (C=O) groups is 2. The van der Waals surface area contributed by atoms with Gasteiger partial charge in [0.2, 0.25) is 5.78 Å². The number of esters is 1. The van der Waals surface area contributed by atoms with Crippen LogP contribution < -0.4 is 9.47 Å². The van der Waals surface area contributed by atoms with Crippen molar-refractivity contribution >= 4 is 28.7 Å². The summed E-state index contributed by atoms with van der Waals surface area (Å²) in [6.45, 7) is 5.16. The van der Waals surface area contributed by atoms with E-state index < -0.39 is 11.6 Å². The van der Waals surface area contributed by atoms with Crippen molar-refractivity contribution in [3.05, 3.63) is 65.5 Å². The van der Waals surface area contributed by atoms with Gasteiger partial charge in [0, 0.05) is 28.7 Å². The first kappa shape index (κ1) is 18.8. The van der Waals surface area contributed by atoms with Crippen LogP contribution in [0.15, 0.2) is 54.4 Å². The van der Waals surface area contributed by atoms with Gasteiger partial charge in [0.25, 0.3) is 0 Å². The first-order chi connectivity index (χ1) is 13.8. The molecule has 0 bridgehead atoms. The highest BCUT2D eigenvalue weighted by molar-refractivity contribution is 6.15. The molecule has 3 aromatic rings. The second kappa shape index (κ2) is 7.13. The van der Waals surface area contributed by atoms with Gasteiger partial charge in [0.05, 0.1) is 5.56 Å². The lowest BCUT2D eigenvalue weighted by Gasteiger charge is -2.19. The monoisotopic (exact) mass is 391 g/mol. The molecule has 2 aromatic carbocycles. The van der Waals surface area contributed by atoms with Crippen molar-refractivity contribution in [3.8, 4) is 11.5 Å². The summed E-state index contributed by atoms with van der Waals surface area (Å²) in [6.07, 6.45) is 3.56. The van der Waals surface area contributed by atoms with Crippen LogP contribution in [-0.2, 0) is 9.53 Å². The predicted molar refractivity (Wildman–Crippen MR) is 109 cm³/mol. The van der Waals surface area contributed by atoms with Gasteiger partial charge in [-0.05, 0) is 45.0 Å². The number of carbonyl (C=O) groups excluding carboxylic acids is 2. The molecule has 0 saturated heterocycles. The second-order valence-electron chi connectivity index (χ2n) is 7.76. The normalized spacial score (nSPS) is 14.7. The van der Waals surface area contributed by atoms with Gasteiger partial charge in [-0.3, -0.25) is 4.79 Å². The maximum Gasteiger partial charge on any atom is 0.344 e. The summed E-state index contributed by atoms with van der Waals surface area (Å²) in [5, 5.41) is 1.01. The smallest absolute Gasteiger partial charge is 0.344 e. The standard InChI is InChI=1S/C23H21NO5/c1-23(2,3)29-21(25)13-27-15-8-9-17-19(11-15)28-20(22(17)26)10-14-12-24-18-7-5-4-6-16(14)18/h4-12,24H,13H2,1-3H3/b20-10+. The first-order valence-corrected chi connectivity index (χ1v) is 9.29. The number of ether oxygens (including phenoxy) is 3. The molecule has 1 aliphatic heterocycles. The molecule has 2 heterocycles. The summed E-state index contributed by atoms with van der Waals surface area (Å²) in [7, 11) is 0. The fourth-order valence-corrected chi connectivity index (χ4v) is 3.12. The Morgan fingerprint density at radius 1 is 1.17 bits per heavy atom. The molecule has 0 atom stereocenters. The van der Waals surface area contributed by atoms with Crippen molar-refractivity contribution in [1.29, 1.82) is 0 Å². The summed E-state index contributed by atoms with van der Waals surface area (Å²) in [4.78, 5) is 27.7. The van der Waals surface area contributed by atoms with Crippen LogP contribution in [0.4, 0.5) is 0 Å². The molecule has 1 aromatic heterocycles. The zero-order chi connectivity index (χ0) is 20.6. The van der Waals surface area contributed by atoms with E-state index in [1.807, 2.05) is 30.5 Å². The summed E-state index contributed by atoms with van der Waals surface area (Å²) < 4.78 is 16.5. The van der Waals surface area contributed by atoms with Crippen LogP contribution >= 0.6 is 0 Å². The van der Waals surface area contributed by atoms with Gasteiger partial charge in [-0.25, -0.2) is 4.79 Å². The van der Waals surface area contributed by atoms with Crippen LogP contribution in [0.1, 0.15) is 36.7 Å². The van der Waals surface area contributed by atoms with Crippen LogP contribution in [0, 0.1) is 0 Å². The van der Waals surface area contributed by atoms with Crippen molar-refractivity contribution in [2.45, 2.75) is 26.4 Å². The average molecular weight is 391 g/mol. The van der Waals surface area contributed by atoms with Gasteiger partial charge in [-0.15, -0.1) is 0 Å². The fourth-order valence-electron chi connectivity index (χ4n) is 3.12. The third-order valence-electron chi connectivity index (χ3n) is 4.33. The lowest BCUT2D eigenvalue weighted by atomic mass is 10.1. The zero-order valence-corrected chi connectivity index (χ0v) is 16.4. The number of hydrogen-bond donors (Lipinski definition) is 1. The molecule has 6 heteroatoms. The van der Waals surface area contributed by atoms with E-state index in [4.69, 9.17) is 14.2 Å². The van der Waals surface area contributed by atoms with Gasteiger partial charge in [-0.1, -0.05) is 18.2 Å². The molecule has 0 radical (unpaired) electrons. The number of allylic oxidation sites excluding steroid dienone is 1. The Hall–Kier alpha value is -3.54. The number of fused-ring (bicyclic) bond motifs is 2. The minimum atomic E-state index is -0.573. The number of benzene rings is 2. The Labute approximate surface area is 168 Å². The number of nitrogens with one attached hydrogen (secondary N) is 1. The predicted octanol–water partition coefficient (Wildman–Crippen LogP) is 4.50. The van der Waals surface area contributed by atoms with Gasteiger partial charge in [0.1, 0.15) is 17.1 Å². The van der Waals surface area contributed by atoms with Crippen LogP contribution in [0.25, 0.3) is 17.0 Å². The first-order valence-electron chi connectivity index (χ1n) is 9.29. The highest BCUT2D eigenvalue weighted by Gasteiger charge is 2.28. The van der Waals surface area contributed by atoms with Crippen LogP contribution in [0.3, 0.4) is 0 Å². The second-order valence-corrected chi connectivity index (χ2v) is 7.76. The van der Waals surface area contributed by atoms with Gasteiger partial charge >= 0.3 is 5.97 Å². The highest BCUT2D eigenvalue weighted by atomic mass is 16.6. The Morgan fingerprint density at radius 3 is 2.76 bits per heavy atom. The molecule has 0 saturated carbocycles. The van der Waals surface area contributed by atoms with Crippen LogP contribution in [0.2, 0.25) is 0 Å². The molecule has 1 N–H and O–H groups in total. The number of hydrogen-bond acceptors (Lipinski definition) is 5. The minimum absolute atomic E-state index is 0.191. The molecule has 29 heavy (non-hydrogen) atoms. The van der Waals surface area contributed by atoms with Crippen molar-refractivity contribution in [3.63, 3.8) is 0 Å². The molecular weight excluding hydrogens is 370 g/mol. The molecular formula is C23H21NO5. The summed E-state index contributed by atoms with van der Waals surface area (Å²) in [6, 6.07) is 12.7. The molecule has 4 rings (SSSR count). The number of para-hydroxylation sites is 1. The molecule has 0 spiro atoms. The van der Waals surface area contributed by atoms with Crippen molar-refractivity contribution in [1.82, 2.24) is 4.98 Å². The molecule has 0 aliphatic carbocycles. The lowest BCUT2D eigenvalue weighted by molar-refractivity contribution is -0.157. The van der Waals surface area contributed by atoms with E-state index in [9.17, 15) is 9.59 Å². The summed E-state index contributed by atoms with van der Waals surface area (Å²) >= 11 is 0. The largest absolute Gasteiger partial charge is 0.482 e. The molecule has 0 amide bonds. The highest BCUT2D eigenvalue weighted by Crippen LogP contribution is 2.35. The Balaban J connectivity index is 1.51. The topological polar surface area (TPSA) is 77.6 Å². The lowest BCUT2D eigenvalue weighted by Crippen LogP contribution is -2.27. The molecule has 6 nitrogen and oxygen atoms in total. The van der Waals surface area contributed by atoms with Gasteiger partial charge < -0.3 is 19.2 Å². The van der Waals surface area contributed by atoms with E-state index in [0.717, 1.165) is 16.5 Å². The SMILES string of the molecule is CC(C)(C)OC(=O)COc1ccc2c(c1)O/C(=C/c1c[nH]c3ccccc13)C2=O. The number of aromatic amines is 1. The van der Waals surface area contributed by atoms with E-state index in [1.165, 1.54) is 0 Å². The summed E-state index contributed by atoms with van der Waals surface area (Å²) in [5.41, 5.74) is 1.75. The number of ketones is 1. The number of Topliss-reactive ketones (excluding diaryl/α,β-unsaturated/α-hetero) is 1. The van der Waals surface area contributed by atoms with E-state index in [0.29, 0.717) is 17.1 Å². The van der Waals surface area contributed by atoms with Crippen LogP contribution in [-0.4, -0.2) is 28.9 Å². The third-order valence-corrected chi connectivity index (χ3v) is 4.33. The number of H-pyrrole nitrogens is 1. The van der Waals surface area contributed by atoms with Gasteiger partial charge in [-0.2, -0.15) is 0 Å². The zero-order valence-electron chi connectivity index (χ0n) is 16.4. The van der Waals surface area contributed by atoms with E-state index in [-0.39, 0.29) is 18.1 Å². The maximum atomic E-state index is 12.7. The van der Waals surface area contributed by atoms with Crippen LogP contribution in [0.5, 0.6) is 11.5 Å². The van der Waals surface area contributed by atoms with Gasteiger partial charge in [0.15, 0.2) is 12.4 Å². The maximum absolute atomic E-state index is 12.7. The number of rotatable bonds is 4. The van der Waals surface area contributed by atoms with Crippen molar-refractivity contribution in [2.75, 3.05) is 6.61 Å². The average Bonchev–Trinajstić information content (AvgIpc) is 3.20. The van der Waals surface area contributed by atoms with E-state index in [2.05, 4.69) is 4.98 Å². The van der Waals surface area contributed by atoms with E-state index in [1.54, 1.807) is 45.0 Å². The summed E-state index contributed by atoms with van der Waals surface area (Å²) in [5.74, 6) is 0.423. The van der Waals surface area contributed by atoms with Crippen molar-refractivity contribution in [2.24, 2.45) is 0 Å². The number of aromatic nitrogens is 1. The quantitative estimate of drug-likeness (QED) is 0.523. The fraction of sp³-hybridized carbons (Fsp3) is 0.217. The van der Waals surface area contributed by atoms with Crippen molar-refractivity contribution < 1.29 is 23.8 Å². The molecule has 1 aliphatic rings. The third kappa shape index (κ3) is 4.01. The molecule has 0 fully saturated rings.